The third kappa shape index (κ3) is 4.03. The van der Waals surface area contributed by atoms with Crippen LogP contribution in [0.4, 0.5) is 5.82 Å². The average molecular weight is 271 g/mol. The molecule has 0 saturated heterocycles. The predicted molar refractivity (Wildman–Crippen MR) is 83.2 cm³/mol. The number of aromatic nitrogens is 1. The molecular formula is C15H17N3S. The van der Waals surface area contributed by atoms with Crippen LogP contribution in [0.5, 0.6) is 0 Å². The first kappa shape index (κ1) is 13.5. The van der Waals surface area contributed by atoms with Crippen molar-refractivity contribution in [3.63, 3.8) is 0 Å². The molecule has 0 aliphatic heterocycles. The lowest BCUT2D eigenvalue weighted by atomic mass is 10.1. The summed E-state index contributed by atoms with van der Waals surface area (Å²) in [5.41, 5.74) is 3.65. The van der Waals surface area contributed by atoms with E-state index >= 15 is 0 Å². The molecule has 1 heterocycles. The van der Waals surface area contributed by atoms with E-state index in [4.69, 9.17) is 12.2 Å². The fourth-order valence-corrected chi connectivity index (χ4v) is 1.93. The number of aryl methyl sites for hydroxylation is 2. The van der Waals surface area contributed by atoms with E-state index in [9.17, 15) is 0 Å². The molecule has 2 rings (SSSR count). The van der Waals surface area contributed by atoms with Crippen molar-refractivity contribution in [3.8, 4) is 0 Å². The van der Waals surface area contributed by atoms with Gasteiger partial charge in [0.25, 0.3) is 0 Å². The van der Waals surface area contributed by atoms with Gasteiger partial charge in [0.2, 0.25) is 0 Å². The lowest BCUT2D eigenvalue weighted by Gasteiger charge is -2.11. The molecule has 0 spiro atoms. The number of thiocarbonyl (C=S) groups is 1. The van der Waals surface area contributed by atoms with Crippen molar-refractivity contribution in [2.75, 3.05) is 5.32 Å². The van der Waals surface area contributed by atoms with E-state index in [1.54, 1.807) is 6.20 Å². The van der Waals surface area contributed by atoms with Gasteiger partial charge in [-0.1, -0.05) is 24.3 Å². The molecule has 0 bridgehead atoms. The quantitative estimate of drug-likeness (QED) is 0.841. The lowest BCUT2D eigenvalue weighted by Crippen LogP contribution is -2.28. The minimum atomic E-state index is 0.585. The van der Waals surface area contributed by atoms with Gasteiger partial charge < -0.3 is 10.6 Å². The summed E-state index contributed by atoms with van der Waals surface area (Å²) in [6, 6.07) is 12.2. The average Bonchev–Trinajstić information content (AvgIpc) is 2.38. The molecule has 1 aromatic heterocycles. The van der Waals surface area contributed by atoms with Gasteiger partial charge in [0.1, 0.15) is 5.82 Å². The van der Waals surface area contributed by atoms with Crippen LogP contribution in [0.1, 0.15) is 16.7 Å². The molecule has 0 aliphatic rings. The van der Waals surface area contributed by atoms with E-state index in [0.29, 0.717) is 11.7 Å². The Bertz CT molecular complexity index is 581. The second kappa shape index (κ2) is 6.29. The first-order valence-corrected chi connectivity index (χ1v) is 6.58. The van der Waals surface area contributed by atoms with Crippen LogP contribution in [0.2, 0.25) is 0 Å². The molecule has 2 aromatic rings. The van der Waals surface area contributed by atoms with Crippen molar-refractivity contribution >= 4 is 23.1 Å². The van der Waals surface area contributed by atoms with Gasteiger partial charge in [-0.05, 0) is 54.9 Å². The molecule has 0 aliphatic carbocycles. The molecule has 0 atom stereocenters. The largest absolute Gasteiger partial charge is 0.358 e. The number of rotatable bonds is 3. The van der Waals surface area contributed by atoms with Crippen molar-refractivity contribution in [2.45, 2.75) is 20.4 Å². The smallest absolute Gasteiger partial charge is 0.172 e. The van der Waals surface area contributed by atoms with Crippen molar-refractivity contribution in [1.82, 2.24) is 10.3 Å². The maximum absolute atomic E-state index is 5.26. The van der Waals surface area contributed by atoms with Gasteiger partial charge in [-0.3, -0.25) is 0 Å². The van der Waals surface area contributed by atoms with Crippen LogP contribution in [0.25, 0.3) is 0 Å². The first-order chi connectivity index (χ1) is 9.15. The van der Waals surface area contributed by atoms with E-state index in [1.807, 2.05) is 31.2 Å². The van der Waals surface area contributed by atoms with Crippen molar-refractivity contribution in [2.24, 2.45) is 0 Å². The summed E-state index contributed by atoms with van der Waals surface area (Å²) < 4.78 is 0. The Labute approximate surface area is 119 Å². The maximum Gasteiger partial charge on any atom is 0.172 e. The third-order valence-corrected chi connectivity index (χ3v) is 3.10. The summed E-state index contributed by atoms with van der Waals surface area (Å²) in [6.45, 7) is 4.83. The molecule has 0 fully saturated rings. The second-order valence-electron chi connectivity index (χ2n) is 4.45. The van der Waals surface area contributed by atoms with Crippen molar-refractivity contribution in [1.29, 1.82) is 0 Å². The van der Waals surface area contributed by atoms with Gasteiger partial charge in [-0.2, -0.15) is 0 Å². The normalized spacial score (nSPS) is 10.0. The Balaban J connectivity index is 1.90. The van der Waals surface area contributed by atoms with E-state index in [0.717, 1.165) is 11.4 Å². The van der Waals surface area contributed by atoms with Crippen LogP contribution in [0.15, 0.2) is 42.6 Å². The minimum Gasteiger partial charge on any atom is -0.358 e. The number of benzene rings is 1. The van der Waals surface area contributed by atoms with E-state index in [-0.39, 0.29) is 0 Å². The molecule has 3 nitrogen and oxygen atoms in total. The number of hydrogen-bond acceptors (Lipinski definition) is 2. The highest BCUT2D eigenvalue weighted by atomic mass is 32.1. The molecular weight excluding hydrogens is 254 g/mol. The van der Waals surface area contributed by atoms with E-state index in [1.165, 1.54) is 11.1 Å². The molecule has 0 radical (unpaired) electrons. The number of pyridine rings is 1. The SMILES string of the molecule is Cc1ccnc(NC(=S)NCc2ccccc2C)c1. The standard InChI is InChI=1S/C15H17N3S/c1-11-7-8-16-14(9-11)18-15(19)17-10-13-6-4-3-5-12(13)2/h3-9H,10H2,1-2H3,(H2,16,17,18,19). The van der Waals surface area contributed by atoms with Gasteiger partial charge in [0, 0.05) is 12.7 Å². The van der Waals surface area contributed by atoms with Gasteiger partial charge in [0.05, 0.1) is 0 Å². The number of anilines is 1. The minimum absolute atomic E-state index is 0.585. The van der Waals surface area contributed by atoms with E-state index in [2.05, 4.69) is 34.7 Å². The zero-order valence-electron chi connectivity index (χ0n) is 11.1. The van der Waals surface area contributed by atoms with Crippen molar-refractivity contribution < 1.29 is 0 Å². The highest BCUT2D eigenvalue weighted by Crippen LogP contribution is 2.07. The summed E-state index contributed by atoms with van der Waals surface area (Å²) in [7, 11) is 0. The summed E-state index contributed by atoms with van der Waals surface area (Å²) in [6.07, 6.45) is 1.77. The molecule has 1 aromatic carbocycles. The molecule has 98 valence electrons. The lowest BCUT2D eigenvalue weighted by molar-refractivity contribution is 0.914. The Kier molecular flexibility index (Phi) is 4.47. The van der Waals surface area contributed by atoms with Gasteiger partial charge >= 0.3 is 0 Å². The van der Waals surface area contributed by atoms with E-state index < -0.39 is 0 Å². The van der Waals surface area contributed by atoms with Gasteiger partial charge in [-0.25, -0.2) is 4.98 Å². The Morgan fingerprint density at radius 1 is 1.21 bits per heavy atom. The van der Waals surface area contributed by atoms with Crippen molar-refractivity contribution in [3.05, 3.63) is 59.3 Å². The molecule has 4 heteroatoms. The zero-order valence-corrected chi connectivity index (χ0v) is 11.9. The number of nitrogens with one attached hydrogen (secondary N) is 2. The first-order valence-electron chi connectivity index (χ1n) is 6.17. The molecule has 19 heavy (non-hydrogen) atoms. The number of hydrogen-bond donors (Lipinski definition) is 2. The fourth-order valence-electron chi connectivity index (χ4n) is 1.75. The second-order valence-corrected chi connectivity index (χ2v) is 4.86. The summed E-state index contributed by atoms with van der Waals surface area (Å²) in [4.78, 5) is 4.21. The Hall–Kier alpha value is -1.94. The van der Waals surface area contributed by atoms with Crippen LogP contribution in [0.3, 0.4) is 0 Å². The Morgan fingerprint density at radius 2 is 2.00 bits per heavy atom. The molecule has 0 saturated carbocycles. The van der Waals surface area contributed by atoms with Crippen LogP contribution < -0.4 is 10.6 Å². The fraction of sp³-hybridized carbons (Fsp3) is 0.200. The molecule has 0 unspecified atom stereocenters. The predicted octanol–water partition coefficient (Wildman–Crippen LogP) is 3.19. The van der Waals surface area contributed by atoms with Gasteiger partial charge in [0.15, 0.2) is 5.11 Å². The van der Waals surface area contributed by atoms with Crippen LogP contribution in [-0.2, 0) is 6.54 Å². The third-order valence-electron chi connectivity index (χ3n) is 2.86. The molecule has 0 amide bonds. The van der Waals surface area contributed by atoms with Gasteiger partial charge in [-0.15, -0.1) is 0 Å². The zero-order chi connectivity index (χ0) is 13.7. The number of nitrogens with zero attached hydrogens (tertiary/aromatic N) is 1. The topological polar surface area (TPSA) is 37.0 Å². The summed E-state index contributed by atoms with van der Waals surface area (Å²) in [5.74, 6) is 0.766. The summed E-state index contributed by atoms with van der Waals surface area (Å²) >= 11 is 5.26. The highest BCUT2D eigenvalue weighted by Gasteiger charge is 2.00. The highest BCUT2D eigenvalue weighted by molar-refractivity contribution is 7.80. The van der Waals surface area contributed by atoms with Crippen LogP contribution in [-0.4, -0.2) is 10.1 Å². The monoisotopic (exact) mass is 271 g/mol. The van der Waals surface area contributed by atoms with Crippen LogP contribution >= 0.6 is 12.2 Å². The maximum atomic E-state index is 5.26. The molecule has 2 N–H and O–H groups in total. The van der Waals surface area contributed by atoms with Crippen LogP contribution in [0, 0.1) is 13.8 Å². The summed E-state index contributed by atoms with van der Waals surface area (Å²) in [5, 5.41) is 6.85. The Morgan fingerprint density at radius 3 is 2.74 bits per heavy atom.